The topological polar surface area (TPSA) is 18.5 Å². The summed E-state index contributed by atoms with van der Waals surface area (Å²) in [4.78, 5) is 0. The highest BCUT2D eigenvalue weighted by Crippen LogP contribution is 2.16. The van der Waals surface area contributed by atoms with Gasteiger partial charge in [-0.05, 0) is 25.1 Å². The monoisotopic (exact) mass is 524 g/mol. The van der Waals surface area contributed by atoms with Gasteiger partial charge in [0.1, 0.15) is 0 Å². The van der Waals surface area contributed by atoms with Crippen molar-refractivity contribution in [2.75, 3.05) is 13.2 Å². The normalized spacial score (nSPS) is 13.2. The first-order valence-corrected chi connectivity index (χ1v) is 19.0. The SMILES string of the molecule is C=C[Si](C)(OCCCCCCCCCCCC)OCCCCCCCCCCCCCCCCCC. The number of unbranched alkanes of at least 4 members (excludes halogenated alkanes) is 24. The molecule has 0 saturated heterocycles. The van der Waals surface area contributed by atoms with E-state index in [0.717, 1.165) is 26.1 Å². The molecule has 0 radical (unpaired) electrons. The lowest BCUT2D eigenvalue weighted by Gasteiger charge is -2.23. The summed E-state index contributed by atoms with van der Waals surface area (Å²) < 4.78 is 12.4. The first-order chi connectivity index (χ1) is 17.7. The molecule has 0 aromatic carbocycles. The predicted molar refractivity (Wildman–Crippen MR) is 165 cm³/mol. The molecule has 0 heterocycles. The third-order valence-corrected chi connectivity index (χ3v) is 9.94. The van der Waals surface area contributed by atoms with Gasteiger partial charge in [-0.15, -0.1) is 6.58 Å². The van der Waals surface area contributed by atoms with E-state index in [4.69, 9.17) is 8.85 Å². The highest BCUT2D eigenvalue weighted by atomic mass is 28.4. The Kier molecular flexibility index (Phi) is 29.3. The molecule has 0 aromatic rings. The Labute approximate surface area is 230 Å². The van der Waals surface area contributed by atoms with Gasteiger partial charge < -0.3 is 8.85 Å². The van der Waals surface area contributed by atoms with Crippen LogP contribution in [0.25, 0.3) is 0 Å². The van der Waals surface area contributed by atoms with Crippen LogP contribution in [0.3, 0.4) is 0 Å². The van der Waals surface area contributed by atoms with Gasteiger partial charge >= 0.3 is 8.56 Å². The van der Waals surface area contributed by atoms with Crippen LogP contribution in [0, 0.1) is 0 Å². The van der Waals surface area contributed by atoms with Crippen molar-refractivity contribution in [1.82, 2.24) is 0 Å². The van der Waals surface area contributed by atoms with Crippen molar-refractivity contribution in [3.05, 3.63) is 12.3 Å². The molecule has 0 aliphatic rings. The summed E-state index contributed by atoms with van der Waals surface area (Å²) in [5.41, 5.74) is 1.97. The van der Waals surface area contributed by atoms with E-state index in [0.29, 0.717) is 0 Å². The molecule has 0 rings (SSSR count). The Hall–Kier alpha value is -0.123. The number of rotatable bonds is 31. The summed E-state index contributed by atoms with van der Waals surface area (Å²) in [5, 5.41) is 0. The molecule has 216 valence electrons. The van der Waals surface area contributed by atoms with E-state index in [1.807, 2.05) is 5.70 Å². The molecular formula is C33H68O2Si. The lowest BCUT2D eigenvalue weighted by atomic mass is 10.0. The van der Waals surface area contributed by atoms with Crippen LogP contribution in [-0.2, 0) is 8.85 Å². The molecule has 0 spiro atoms. The first kappa shape index (κ1) is 35.9. The zero-order chi connectivity index (χ0) is 26.4. The third-order valence-electron chi connectivity index (χ3n) is 7.64. The van der Waals surface area contributed by atoms with Crippen LogP contribution in [0.2, 0.25) is 6.55 Å². The zero-order valence-electron chi connectivity index (χ0n) is 25.4. The molecule has 0 aliphatic heterocycles. The van der Waals surface area contributed by atoms with Gasteiger partial charge in [-0.3, -0.25) is 0 Å². The molecule has 0 N–H and O–H groups in total. The van der Waals surface area contributed by atoms with Gasteiger partial charge in [0.05, 0.1) is 0 Å². The Balaban J connectivity index is 3.39. The molecular weight excluding hydrogens is 456 g/mol. The first-order valence-electron chi connectivity index (χ1n) is 16.6. The van der Waals surface area contributed by atoms with Crippen molar-refractivity contribution in [2.45, 2.75) is 187 Å². The Bertz CT molecular complexity index is 428. The lowest BCUT2D eigenvalue weighted by molar-refractivity contribution is 0.177. The maximum absolute atomic E-state index is 6.19. The van der Waals surface area contributed by atoms with E-state index in [1.165, 1.54) is 154 Å². The molecule has 0 aromatic heterocycles. The molecule has 0 aliphatic carbocycles. The molecule has 3 heteroatoms. The van der Waals surface area contributed by atoms with Gasteiger partial charge in [0.25, 0.3) is 0 Å². The van der Waals surface area contributed by atoms with Crippen LogP contribution in [0.5, 0.6) is 0 Å². The second kappa shape index (κ2) is 29.4. The summed E-state index contributed by atoms with van der Waals surface area (Å²) in [6, 6.07) is 0. The van der Waals surface area contributed by atoms with E-state index >= 15 is 0 Å². The minimum absolute atomic E-state index is 0.838. The largest absolute Gasteiger partial charge is 0.391 e. The van der Waals surface area contributed by atoms with Gasteiger partial charge in [0.2, 0.25) is 0 Å². The highest BCUT2D eigenvalue weighted by molar-refractivity contribution is 6.71. The molecule has 2 nitrogen and oxygen atoms in total. The van der Waals surface area contributed by atoms with E-state index < -0.39 is 8.56 Å². The Morgan fingerprint density at radius 3 is 0.861 bits per heavy atom. The van der Waals surface area contributed by atoms with Crippen LogP contribution in [0.15, 0.2) is 12.3 Å². The zero-order valence-corrected chi connectivity index (χ0v) is 26.4. The van der Waals surface area contributed by atoms with Crippen molar-refractivity contribution in [1.29, 1.82) is 0 Å². The van der Waals surface area contributed by atoms with Crippen molar-refractivity contribution in [3.63, 3.8) is 0 Å². The maximum atomic E-state index is 6.19. The van der Waals surface area contributed by atoms with E-state index in [2.05, 4.69) is 27.0 Å². The average Bonchev–Trinajstić information content (AvgIpc) is 2.89. The van der Waals surface area contributed by atoms with Gasteiger partial charge in [0.15, 0.2) is 0 Å². The summed E-state index contributed by atoms with van der Waals surface area (Å²) in [6.07, 6.45) is 36.1. The molecule has 0 bridgehead atoms. The minimum atomic E-state index is -2.16. The fraction of sp³-hybridized carbons (Fsp3) is 0.939. The van der Waals surface area contributed by atoms with Crippen molar-refractivity contribution in [2.24, 2.45) is 0 Å². The van der Waals surface area contributed by atoms with Gasteiger partial charge in [-0.1, -0.05) is 168 Å². The quantitative estimate of drug-likeness (QED) is 0.0663. The summed E-state index contributed by atoms with van der Waals surface area (Å²) in [5.74, 6) is 0. The second-order valence-electron chi connectivity index (χ2n) is 11.4. The molecule has 0 fully saturated rings. The average molecular weight is 525 g/mol. The predicted octanol–water partition coefficient (Wildman–Crippen LogP) is 12.0. The number of hydrogen-bond acceptors (Lipinski definition) is 2. The molecule has 0 saturated carbocycles. The molecule has 0 amide bonds. The summed E-state index contributed by atoms with van der Waals surface area (Å²) >= 11 is 0. The van der Waals surface area contributed by atoms with Crippen LogP contribution in [0.4, 0.5) is 0 Å². The maximum Gasteiger partial charge on any atom is 0.361 e. The van der Waals surface area contributed by atoms with Gasteiger partial charge in [-0.25, -0.2) is 0 Å². The second-order valence-corrected chi connectivity index (χ2v) is 14.4. The van der Waals surface area contributed by atoms with Crippen LogP contribution in [0.1, 0.15) is 181 Å². The third kappa shape index (κ3) is 26.9. The van der Waals surface area contributed by atoms with Crippen LogP contribution < -0.4 is 0 Å². The minimum Gasteiger partial charge on any atom is -0.391 e. The highest BCUT2D eigenvalue weighted by Gasteiger charge is 2.26. The van der Waals surface area contributed by atoms with Crippen molar-refractivity contribution in [3.8, 4) is 0 Å². The van der Waals surface area contributed by atoms with Crippen molar-refractivity contribution >= 4 is 8.56 Å². The van der Waals surface area contributed by atoms with Crippen LogP contribution in [-0.4, -0.2) is 21.8 Å². The summed E-state index contributed by atoms with van der Waals surface area (Å²) in [6.45, 7) is 12.4. The van der Waals surface area contributed by atoms with E-state index in [9.17, 15) is 0 Å². The molecule has 36 heavy (non-hydrogen) atoms. The Morgan fingerprint density at radius 1 is 0.417 bits per heavy atom. The van der Waals surface area contributed by atoms with E-state index in [1.54, 1.807) is 0 Å². The van der Waals surface area contributed by atoms with Gasteiger partial charge in [0, 0.05) is 13.2 Å². The fourth-order valence-corrected chi connectivity index (χ4v) is 6.37. The van der Waals surface area contributed by atoms with Crippen LogP contribution >= 0.6 is 0 Å². The van der Waals surface area contributed by atoms with Crippen molar-refractivity contribution < 1.29 is 8.85 Å². The van der Waals surface area contributed by atoms with Gasteiger partial charge in [-0.2, -0.15) is 0 Å². The molecule has 1 atom stereocenters. The molecule has 1 unspecified atom stereocenters. The Morgan fingerprint density at radius 2 is 0.639 bits per heavy atom. The van der Waals surface area contributed by atoms with E-state index in [-0.39, 0.29) is 0 Å². The number of hydrogen-bond donors (Lipinski definition) is 0. The lowest BCUT2D eigenvalue weighted by Crippen LogP contribution is -2.37. The smallest absolute Gasteiger partial charge is 0.361 e. The fourth-order valence-electron chi connectivity index (χ4n) is 4.95. The summed E-state index contributed by atoms with van der Waals surface area (Å²) in [7, 11) is -2.16. The standard InChI is InChI=1S/C33H68O2Si/c1-5-8-10-12-14-16-18-19-20-21-22-23-25-27-29-31-33-35-36(4,7-3)34-32-30-28-26-24-17-15-13-11-9-6-2/h7H,3,5-6,8-33H2,1-2,4H3.